The maximum absolute atomic E-state index is 13.4. The third-order valence-corrected chi connectivity index (χ3v) is 6.67. The van der Waals surface area contributed by atoms with Gasteiger partial charge in [-0.15, -0.1) is 0 Å². The molecule has 1 unspecified atom stereocenters. The third kappa shape index (κ3) is 4.69. The Labute approximate surface area is 200 Å². The van der Waals surface area contributed by atoms with Crippen LogP contribution in [0.15, 0.2) is 24.3 Å². The van der Waals surface area contributed by atoms with Gasteiger partial charge in [-0.2, -0.15) is 0 Å². The summed E-state index contributed by atoms with van der Waals surface area (Å²) in [7, 11) is 0. The molecule has 0 spiro atoms. The SMILES string of the molecule is CC(C)(C)c1cc(C2C(=O)Oc3c2cc(C(C)(C)C)cc3C(C)(C)C)c(O)c(C(C)(C)C)c1. The minimum absolute atomic E-state index is 0.0862. The molecule has 3 nitrogen and oxygen atoms in total. The number of phenols is 1. The van der Waals surface area contributed by atoms with Crippen molar-refractivity contribution in [1.29, 1.82) is 0 Å². The van der Waals surface area contributed by atoms with Crippen molar-refractivity contribution in [3.63, 3.8) is 0 Å². The Morgan fingerprint density at radius 1 is 0.636 bits per heavy atom. The van der Waals surface area contributed by atoms with Crippen molar-refractivity contribution in [2.75, 3.05) is 0 Å². The molecule has 1 aliphatic heterocycles. The molecule has 0 aliphatic carbocycles. The molecule has 0 amide bonds. The lowest BCUT2D eigenvalue weighted by Gasteiger charge is -2.29. The van der Waals surface area contributed by atoms with Crippen molar-refractivity contribution in [2.24, 2.45) is 0 Å². The number of rotatable bonds is 1. The van der Waals surface area contributed by atoms with Crippen LogP contribution in [-0.2, 0) is 26.5 Å². The summed E-state index contributed by atoms with van der Waals surface area (Å²) in [5.41, 5.74) is 4.98. The summed E-state index contributed by atoms with van der Waals surface area (Å²) in [4.78, 5) is 13.4. The first-order valence-electron chi connectivity index (χ1n) is 12.0. The molecular formula is C30H42O3. The number of hydrogen-bond donors (Lipinski definition) is 1. The van der Waals surface area contributed by atoms with Crippen LogP contribution in [0.2, 0.25) is 0 Å². The van der Waals surface area contributed by atoms with Gasteiger partial charge in [-0.25, -0.2) is 0 Å². The smallest absolute Gasteiger partial charge is 0.323 e. The number of esters is 1. The van der Waals surface area contributed by atoms with Gasteiger partial charge in [0.2, 0.25) is 0 Å². The quantitative estimate of drug-likeness (QED) is 0.359. The van der Waals surface area contributed by atoms with Crippen LogP contribution in [-0.4, -0.2) is 11.1 Å². The lowest BCUT2D eigenvalue weighted by Crippen LogP contribution is -2.20. The van der Waals surface area contributed by atoms with E-state index in [4.69, 9.17) is 4.74 Å². The van der Waals surface area contributed by atoms with Gasteiger partial charge in [0.1, 0.15) is 17.4 Å². The summed E-state index contributed by atoms with van der Waals surface area (Å²) in [5.74, 6) is -0.110. The van der Waals surface area contributed by atoms with Crippen molar-refractivity contribution in [3.8, 4) is 11.5 Å². The summed E-state index contributed by atoms with van der Waals surface area (Å²) >= 11 is 0. The molecule has 1 atom stereocenters. The zero-order chi connectivity index (χ0) is 25.3. The van der Waals surface area contributed by atoms with E-state index in [0.29, 0.717) is 11.3 Å². The third-order valence-electron chi connectivity index (χ3n) is 6.67. The van der Waals surface area contributed by atoms with Crippen LogP contribution in [0.3, 0.4) is 0 Å². The predicted octanol–water partition coefficient (Wildman–Crippen LogP) is 7.63. The van der Waals surface area contributed by atoms with Crippen LogP contribution in [0, 0.1) is 0 Å². The molecule has 0 radical (unpaired) electrons. The minimum atomic E-state index is -0.646. The average molecular weight is 451 g/mol. The first kappa shape index (κ1) is 25.3. The Morgan fingerprint density at radius 3 is 1.48 bits per heavy atom. The fraction of sp³-hybridized carbons (Fsp3) is 0.567. The van der Waals surface area contributed by atoms with Gasteiger partial charge >= 0.3 is 5.97 Å². The Hall–Kier alpha value is -2.29. The number of ether oxygens (including phenoxy) is 1. The number of hydrogen-bond acceptors (Lipinski definition) is 3. The number of carbonyl (C=O) groups excluding carboxylic acids is 1. The molecular weight excluding hydrogens is 408 g/mol. The van der Waals surface area contributed by atoms with Gasteiger partial charge in [0.15, 0.2) is 0 Å². The normalized spacial score (nSPS) is 17.2. The Kier molecular flexibility index (Phi) is 5.85. The summed E-state index contributed by atoms with van der Waals surface area (Å²) in [6, 6.07) is 8.39. The maximum Gasteiger partial charge on any atom is 0.323 e. The second kappa shape index (κ2) is 7.61. The van der Waals surface area contributed by atoms with Crippen LogP contribution >= 0.6 is 0 Å². The van der Waals surface area contributed by atoms with Crippen molar-refractivity contribution in [3.05, 3.63) is 57.6 Å². The van der Waals surface area contributed by atoms with Crippen LogP contribution in [0.5, 0.6) is 11.5 Å². The van der Waals surface area contributed by atoms with E-state index in [1.165, 1.54) is 0 Å². The molecule has 0 fully saturated rings. The zero-order valence-corrected chi connectivity index (χ0v) is 22.7. The van der Waals surface area contributed by atoms with Gasteiger partial charge in [0, 0.05) is 16.7 Å². The number of fused-ring (bicyclic) bond motifs is 1. The largest absolute Gasteiger partial charge is 0.507 e. The molecule has 0 bridgehead atoms. The van der Waals surface area contributed by atoms with Gasteiger partial charge in [-0.05, 0) is 38.4 Å². The summed E-state index contributed by atoms with van der Waals surface area (Å²) in [6.45, 7) is 25.7. The van der Waals surface area contributed by atoms with E-state index in [-0.39, 0.29) is 33.4 Å². The number of carbonyl (C=O) groups is 1. The Balaban J connectivity index is 2.39. The molecule has 2 aromatic rings. The lowest BCUT2D eigenvalue weighted by atomic mass is 9.75. The van der Waals surface area contributed by atoms with Gasteiger partial charge in [0.25, 0.3) is 0 Å². The van der Waals surface area contributed by atoms with Crippen LogP contribution in [0.4, 0.5) is 0 Å². The lowest BCUT2D eigenvalue weighted by molar-refractivity contribution is -0.133. The van der Waals surface area contributed by atoms with Crippen molar-refractivity contribution >= 4 is 5.97 Å². The van der Waals surface area contributed by atoms with E-state index in [1.54, 1.807) is 0 Å². The van der Waals surface area contributed by atoms with Gasteiger partial charge < -0.3 is 9.84 Å². The molecule has 0 saturated heterocycles. The molecule has 33 heavy (non-hydrogen) atoms. The molecule has 3 rings (SSSR count). The Morgan fingerprint density at radius 2 is 1.06 bits per heavy atom. The molecule has 0 aromatic heterocycles. The molecule has 1 heterocycles. The summed E-state index contributed by atoms with van der Waals surface area (Å²) in [5, 5.41) is 11.5. The van der Waals surface area contributed by atoms with Crippen LogP contribution in [0.25, 0.3) is 0 Å². The molecule has 180 valence electrons. The van der Waals surface area contributed by atoms with Crippen molar-refractivity contribution < 1.29 is 14.6 Å². The topological polar surface area (TPSA) is 46.5 Å². The number of aromatic hydroxyl groups is 1. The predicted molar refractivity (Wildman–Crippen MR) is 137 cm³/mol. The van der Waals surface area contributed by atoms with E-state index < -0.39 is 5.92 Å². The van der Waals surface area contributed by atoms with E-state index in [1.807, 2.05) is 6.07 Å². The van der Waals surface area contributed by atoms with Crippen LogP contribution in [0.1, 0.15) is 122 Å². The maximum atomic E-state index is 13.4. The van der Waals surface area contributed by atoms with Gasteiger partial charge in [-0.3, -0.25) is 4.79 Å². The fourth-order valence-corrected chi connectivity index (χ4v) is 4.43. The standard InChI is InChI=1S/C30H42O3/c1-27(2,3)17-13-19(24(31)21(15-17)29(7,8)9)23-20-14-18(28(4,5)6)16-22(30(10,11)12)25(20)33-26(23)32/h13-16,23,31H,1-12H3. The van der Waals surface area contributed by atoms with Crippen molar-refractivity contribution in [2.45, 2.75) is 111 Å². The van der Waals surface area contributed by atoms with E-state index in [0.717, 1.165) is 27.8 Å². The highest BCUT2D eigenvalue weighted by molar-refractivity contribution is 5.91. The average Bonchev–Trinajstić information content (AvgIpc) is 2.93. The molecule has 1 N–H and O–H groups in total. The molecule has 0 saturated carbocycles. The van der Waals surface area contributed by atoms with E-state index in [9.17, 15) is 9.90 Å². The highest BCUT2D eigenvalue weighted by Crippen LogP contribution is 2.50. The zero-order valence-electron chi connectivity index (χ0n) is 22.7. The van der Waals surface area contributed by atoms with E-state index >= 15 is 0 Å². The Bertz CT molecular complexity index is 1090. The monoisotopic (exact) mass is 450 g/mol. The summed E-state index contributed by atoms with van der Waals surface area (Å²) in [6.07, 6.45) is 0. The molecule has 2 aromatic carbocycles. The first-order valence-corrected chi connectivity index (χ1v) is 12.0. The number of phenolic OH excluding ortho intramolecular Hbond substituents is 1. The van der Waals surface area contributed by atoms with E-state index in [2.05, 4.69) is 101 Å². The highest BCUT2D eigenvalue weighted by Gasteiger charge is 2.42. The second-order valence-electron chi connectivity index (χ2n) is 13.8. The first-order chi connectivity index (χ1) is 14.7. The molecule has 1 aliphatic rings. The summed E-state index contributed by atoms with van der Waals surface area (Å²) < 4.78 is 5.96. The van der Waals surface area contributed by atoms with Gasteiger partial charge in [-0.1, -0.05) is 107 Å². The molecule has 3 heteroatoms. The minimum Gasteiger partial charge on any atom is -0.507 e. The highest BCUT2D eigenvalue weighted by atomic mass is 16.5. The number of benzene rings is 2. The van der Waals surface area contributed by atoms with Crippen LogP contribution < -0.4 is 4.74 Å². The van der Waals surface area contributed by atoms with Gasteiger partial charge in [0.05, 0.1) is 0 Å². The van der Waals surface area contributed by atoms with Crippen molar-refractivity contribution in [1.82, 2.24) is 0 Å². The second-order valence-corrected chi connectivity index (χ2v) is 13.8. The fourth-order valence-electron chi connectivity index (χ4n) is 4.43.